The van der Waals surface area contributed by atoms with Crippen LogP contribution in [0.25, 0.3) is 0 Å². The maximum atomic E-state index is 5.80. The van der Waals surface area contributed by atoms with E-state index in [1.807, 2.05) is 18.2 Å². The maximum absolute atomic E-state index is 5.80. The number of hydrogen-bond donors (Lipinski definition) is 0. The summed E-state index contributed by atoms with van der Waals surface area (Å²) in [6.07, 6.45) is 3.72. The zero-order valence-electron chi connectivity index (χ0n) is 15.9. The highest BCUT2D eigenvalue weighted by atomic mass is 35.5. The van der Waals surface area contributed by atoms with Gasteiger partial charge in [-0.3, -0.25) is 0 Å². The molecule has 2 atom stereocenters. The fourth-order valence-corrected chi connectivity index (χ4v) is 3.32. The van der Waals surface area contributed by atoms with Crippen molar-refractivity contribution < 1.29 is 0 Å². The largest absolute Gasteiger partial charge is 0.196 e. The van der Waals surface area contributed by atoms with Gasteiger partial charge in [-0.2, -0.15) is 5.11 Å². The lowest BCUT2D eigenvalue weighted by Gasteiger charge is -2.22. The molecule has 0 aliphatic heterocycles. The fraction of sp³-hybridized carbons (Fsp3) is 0.217. The summed E-state index contributed by atoms with van der Waals surface area (Å²) in [5.74, 6) is 0.510. The van der Waals surface area contributed by atoms with Crippen LogP contribution < -0.4 is 0 Å². The standard InChI is InChI=1S/C23H23ClN4/c1-3-19(20-12-8-7-9-17(20)2)21(14-13-18-10-5-4-6-11-18)25-27-23-16-15-22(24)26-28-23/h3-12,15-16,19,21H,1,13-14H2,2H3/t19-,21+/m0/s1. The van der Waals surface area contributed by atoms with Crippen molar-refractivity contribution in [1.82, 2.24) is 10.2 Å². The highest BCUT2D eigenvalue weighted by molar-refractivity contribution is 6.29. The van der Waals surface area contributed by atoms with Crippen molar-refractivity contribution >= 4 is 17.4 Å². The summed E-state index contributed by atoms with van der Waals surface area (Å²) >= 11 is 5.80. The Bertz CT molecular complexity index is 923. The number of hydrogen-bond acceptors (Lipinski definition) is 4. The second-order valence-electron chi connectivity index (χ2n) is 6.64. The molecule has 0 saturated carbocycles. The minimum atomic E-state index is -0.0590. The monoisotopic (exact) mass is 390 g/mol. The highest BCUT2D eigenvalue weighted by Gasteiger charge is 2.22. The number of aryl methyl sites for hydroxylation is 2. The van der Waals surface area contributed by atoms with Gasteiger partial charge < -0.3 is 0 Å². The first-order chi connectivity index (χ1) is 13.7. The van der Waals surface area contributed by atoms with Crippen LogP contribution in [0.5, 0.6) is 0 Å². The van der Waals surface area contributed by atoms with Gasteiger partial charge in [-0.1, -0.05) is 72.3 Å². The molecule has 0 amide bonds. The van der Waals surface area contributed by atoms with Gasteiger partial charge in [-0.15, -0.1) is 21.9 Å². The number of rotatable bonds is 8. The molecule has 0 saturated heterocycles. The van der Waals surface area contributed by atoms with Crippen molar-refractivity contribution in [3.63, 3.8) is 0 Å². The summed E-state index contributed by atoms with van der Waals surface area (Å²) in [5, 5.41) is 17.1. The number of azo groups is 1. The topological polar surface area (TPSA) is 50.5 Å². The molecule has 0 radical (unpaired) electrons. The van der Waals surface area contributed by atoms with Crippen LogP contribution in [0.3, 0.4) is 0 Å². The van der Waals surface area contributed by atoms with E-state index < -0.39 is 0 Å². The Kier molecular flexibility index (Phi) is 7.04. The van der Waals surface area contributed by atoms with Gasteiger partial charge in [0.05, 0.1) is 6.04 Å². The zero-order chi connectivity index (χ0) is 19.8. The summed E-state index contributed by atoms with van der Waals surface area (Å²) in [6.45, 7) is 6.19. The Morgan fingerprint density at radius 2 is 1.75 bits per heavy atom. The number of aromatic nitrogens is 2. The zero-order valence-corrected chi connectivity index (χ0v) is 16.6. The van der Waals surface area contributed by atoms with Gasteiger partial charge in [0.1, 0.15) is 0 Å². The fourth-order valence-electron chi connectivity index (χ4n) is 3.22. The van der Waals surface area contributed by atoms with Crippen molar-refractivity contribution in [3.8, 4) is 0 Å². The van der Waals surface area contributed by atoms with E-state index in [1.165, 1.54) is 16.7 Å². The van der Waals surface area contributed by atoms with Crippen LogP contribution >= 0.6 is 11.6 Å². The van der Waals surface area contributed by atoms with Crippen molar-refractivity contribution in [3.05, 3.63) is 101 Å². The molecule has 0 aliphatic carbocycles. The Morgan fingerprint density at radius 1 is 1.00 bits per heavy atom. The average molecular weight is 391 g/mol. The van der Waals surface area contributed by atoms with E-state index in [0.29, 0.717) is 11.0 Å². The van der Waals surface area contributed by atoms with Crippen LogP contribution in [0, 0.1) is 6.92 Å². The molecular formula is C23H23ClN4. The van der Waals surface area contributed by atoms with E-state index in [9.17, 15) is 0 Å². The van der Waals surface area contributed by atoms with E-state index in [-0.39, 0.29) is 12.0 Å². The predicted octanol–water partition coefficient (Wildman–Crippen LogP) is 6.49. The van der Waals surface area contributed by atoms with Crippen LogP contribution in [-0.4, -0.2) is 16.2 Å². The molecule has 3 aromatic rings. The SMILES string of the molecule is C=C[C@@H](c1ccccc1C)[C@@H](CCc1ccccc1)N=Nc1ccc(Cl)nn1. The second kappa shape index (κ2) is 9.90. The molecule has 4 nitrogen and oxygen atoms in total. The molecule has 5 heteroatoms. The van der Waals surface area contributed by atoms with Crippen LogP contribution in [0.4, 0.5) is 5.82 Å². The van der Waals surface area contributed by atoms with Crippen LogP contribution in [-0.2, 0) is 6.42 Å². The van der Waals surface area contributed by atoms with Gasteiger partial charge in [0.2, 0.25) is 0 Å². The number of nitrogens with zero attached hydrogens (tertiary/aromatic N) is 4. The molecule has 0 N–H and O–H groups in total. The molecule has 1 aromatic heterocycles. The third kappa shape index (κ3) is 5.33. The first-order valence-corrected chi connectivity index (χ1v) is 9.67. The summed E-state index contributed by atoms with van der Waals surface area (Å²) in [5.41, 5.74) is 3.72. The van der Waals surface area contributed by atoms with Gasteiger partial charge in [-0.05, 0) is 48.6 Å². The first-order valence-electron chi connectivity index (χ1n) is 9.29. The Morgan fingerprint density at radius 3 is 2.43 bits per heavy atom. The molecule has 142 valence electrons. The van der Waals surface area contributed by atoms with Crippen molar-refractivity contribution in [2.75, 3.05) is 0 Å². The van der Waals surface area contributed by atoms with E-state index in [4.69, 9.17) is 11.6 Å². The maximum Gasteiger partial charge on any atom is 0.196 e. The predicted molar refractivity (Wildman–Crippen MR) is 114 cm³/mol. The normalized spacial score (nSPS) is 13.4. The smallest absolute Gasteiger partial charge is 0.183 e. The minimum Gasteiger partial charge on any atom is -0.183 e. The molecule has 0 bridgehead atoms. The van der Waals surface area contributed by atoms with E-state index in [0.717, 1.165) is 12.8 Å². The lowest BCUT2D eigenvalue weighted by molar-refractivity contribution is 0.541. The third-order valence-corrected chi connectivity index (χ3v) is 4.92. The van der Waals surface area contributed by atoms with Gasteiger partial charge >= 0.3 is 0 Å². The van der Waals surface area contributed by atoms with Gasteiger partial charge in [0, 0.05) is 5.92 Å². The molecule has 0 spiro atoms. The summed E-state index contributed by atoms with van der Waals surface area (Å²) in [4.78, 5) is 0. The first kappa shape index (κ1) is 19.9. The van der Waals surface area contributed by atoms with E-state index >= 15 is 0 Å². The van der Waals surface area contributed by atoms with E-state index in [2.05, 4.69) is 76.4 Å². The highest BCUT2D eigenvalue weighted by Crippen LogP contribution is 2.30. The average Bonchev–Trinajstić information content (AvgIpc) is 2.73. The molecule has 2 aromatic carbocycles. The van der Waals surface area contributed by atoms with Crippen LogP contribution in [0.2, 0.25) is 5.15 Å². The molecule has 0 fully saturated rings. The molecule has 3 rings (SSSR count). The lowest BCUT2D eigenvalue weighted by atomic mass is 9.86. The quantitative estimate of drug-likeness (QED) is 0.326. The molecule has 0 unspecified atom stereocenters. The molecule has 1 heterocycles. The summed E-state index contributed by atoms with van der Waals surface area (Å²) < 4.78 is 0. The van der Waals surface area contributed by atoms with Crippen molar-refractivity contribution in [2.24, 2.45) is 10.2 Å². The molecule has 0 aliphatic rings. The molecular weight excluding hydrogens is 368 g/mol. The Hall–Kier alpha value is -2.85. The summed E-state index contributed by atoms with van der Waals surface area (Å²) in [7, 11) is 0. The van der Waals surface area contributed by atoms with Crippen molar-refractivity contribution in [1.29, 1.82) is 0 Å². The van der Waals surface area contributed by atoms with Crippen molar-refractivity contribution in [2.45, 2.75) is 31.7 Å². The second-order valence-corrected chi connectivity index (χ2v) is 7.03. The van der Waals surface area contributed by atoms with Crippen LogP contribution in [0.1, 0.15) is 29.0 Å². The number of halogens is 1. The Labute approximate surface area is 171 Å². The van der Waals surface area contributed by atoms with Gasteiger partial charge in [0.25, 0.3) is 0 Å². The van der Waals surface area contributed by atoms with Crippen LogP contribution in [0.15, 0.2) is 89.6 Å². The summed E-state index contributed by atoms with van der Waals surface area (Å²) in [6, 6.07) is 22.1. The third-order valence-electron chi connectivity index (χ3n) is 4.71. The Balaban J connectivity index is 1.86. The molecule has 28 heavy (non-hydrogen) atoms. The number of benzene rings is 2. The van der Waals surface area contributed by atoms with Gasteiger partial charge in [0.15, 0.2) is 11.0 Å². The lowest BCUT2D eigenvalue weighted by Crippen LogP contribution is -2.17. The minimum absolute atomic E-state index is 0.0590. The van der Waals surface area contributed by atoms with E-state index in [1.54, 1.807) is 12.1 Å². The van der Waals surface area contributed by atoms with Gasteiger partial charge in [-0.25, -0.2) is 0 Å².